The van der Waals surface area contributed by atoms with Crippen LogP contribution in [0.5, 0.6) is 11.5 Å². The zero-order valence-corrected chi connectivity index (χ0v) is 17.2. The molecule has 1 aromatic carbocycles. The first kappa shape index (κ1) is 21.7. The van der Waals surface area contributed by atoms with Crippen LogP contribution in [-0.2, 0) is 11.3 Å². The second kappa shape index (κ2) is 9.95. The third-order valence-electron chi connectivity index (χ3n) is 3.07. The van der Waals surface area contributed by atoms with E-state index >= 15 is 0 Å². The Balaban J connectivity index is 2.84. The average molecular weight is 388 g/mol. The van der Waals surface area contributed by atoms with E-state index < -0.39 is 0 Å². The standard InChI is InChI=1S/C19H27Cl2NO3/c1-7-15-11-16(23-9-8-17(20)21)10-13(2)18(15)24-12-14(3)22-25-19(4,5)6/h8,10-12,22H,7,9H2,1-6H3. The van der Waals surface area contributed by atoms with Crippen LogP contribution in [0.1, 0.15) is 45.7 Å². The van der Waals surface area contributed by atoms with Crippen LogP contribution in [0.2, 0.25) is 0 Å². The number of hydrogen-bond donors (Lipinski definition) is 1. The minimum absolute atomic E-state index is 0.193. The first-order valence-electron chi connectivity index (χ1n) is 8.17. The van der Waals surface area contributed by atoms with Gasteiger partial charge in [-0.3, -0.25) is 10.3 Å². The summed E-state index contributed by atoms with van der Waals surface area (Å²) in [4.78, 5) is 5.50. The van der Waals surface area contributed by atoms with Crippen LogP contribution in [0.15, 0.2) is 34.7 Å². The van der Waals surface area contributed by atoms with Crippen molar-refractivity contribution in [1.82, 2.24) is 5.48 Å². The van der Waals surface area contributed by atoms with Gasteiger partial charge in [0.1, 0.15) is 28.9 Å². The highest BCUT2D eigenvalue weighted by Gasteiger charge is 2.11. The highest BCUT2D eigenvalue weighted by atomic mass is 35.5. The van der Waals surface area contributed by atoms with E-state index in [0.717, 1.165) is 34.7 Å². The number of benzene rings is 1. The molecule has 0 radical (unpaired) electrons. The van der Waals surface area contributed by atoms with E-state index in [-0.39, 0.29) is 10.1 Å². The molecule has 0 heterocycles. The van der Waals surface area contributed by atoms with E-state index in [1.165, 1.54) is 0 Å². The zero-order valence-electron chi connectivity index (χ0n) is 15.7. The molecule has 0 bridgehead atoms. The molecule has 0 amide bonds. The van der Waals surface area contributed by atoms with Crippen molar-refractivity contribution in [3.05, 3.63) is 45.8 Å². The molecule has 1 N–H and O–H groups in total. The number of rotatable bonds is 8. The fraction of sp³-hybridized carbons (Fsp3) is 0.474. The summed E-state index contributed by atoms with van der Waals surface area (Å²) in [5.74, 6) is 1.57. The summed E-state index contributed by atoms with van der Waals surface area (Å²) in [6.07, 6.45) is 4.06. The third-order valence-corrected chi connectivity index (χ3v) is 3.37. The van der Waals surface area contributed by atoms with Gasteiger partial charge in [0.25, 0.3) is 0 Å². The molecule has 6 heteroatoms. The molecule has 0 aliphatic rings. The van der Waals surface area contributed by atoms with Crippen molar-refractivity contribution in [2.75, 3.05) is 6.61 Å². The molecule has 0 atom stereocenters. The van der Waals surface area contributed by atoms with Gasteiger partial charge in [0, 0.05) is 0 Å². The van der Waals surface area contributed by atoms with Crippen LogP contribution in [-0.4, -0.2) is 12.2 Å². The van der Waals surface area contributed by atoms with Crippen molar-refractivity contribution in [3.63, 3.8) is 0 Å². The predicted molar refractivity (Wildman–Crippen MR) is 104 cm³/mol. The largest absolute Gasteiger partial charge is 0.489 e. The van der Waals surface area contributed by atoms with Gasteiger partial charge in [-0.05, 0) is 70.4 Å². The van der Waals surface area contributed by atoms with E-state index in [0.29, 0.717) is 6.61 Å². The maximum atomic E-state index is 5.87. The lowest BCUT2D eigenvalue weighted by molar-refractivity contribution is -0.0584. The number of allylic oxidation sites excluding steroid dienone is 1. The summed E-state index contributed by atoms with van der Waals surface area (Å²) in [5, 5.41) is 0. The molecule has 1 aromatic rings. The highest BCUT2D eigenvalue weighted by molar-refractivity contribution is 6.55. The molecule has 140 valence electrons. The molecule has 0 unspecified atom stereocenters. The van der Waals surface area contributed by atoms with Gasteiger partial charge in [-0.1, -0.05) is 30.1 Å². The number of ether oxygens (including phenoxy) is 2. The molecular weight excluding hydrogens is 361 g/mol. The van der Waals surface area contributed by atoms with Crippen LogP contribution < -0.4 is 15.0 Å². The van der Waals surface area contributed by atoms with Crippen LogP contribution in [0.25, 0.3) is 0 Å². The van der Waals surface area contributed by atoms with E-state index in [2.05, 4.69) is 12.4 Å². The summed E-state index contributed by atoms with van der Waals surface area (Å²) in [6, 6.07) is 3.88. The van der Waals surface area contributed by atoms with Crippen LogP contribution in [0.3, 0.4) is 0 Å². The van der Waals surface area contributed by atoms with Crippen LogP contribution in [0.4, 0.5) is 0 Å². The summed E-state index contributed by atoms with van der Waals surface area (Å²) in [5.41, 5.74) is 5.41. The van der Waals surface area contributed by atoms with Gasteiger partial charge in [0.2, 0.25) is 0 Å². The maximum Gasteiger partial charge on any atom is 0.132 e. The number of hydroxylamine groups is 1. The molecule has 0 aliphatic carbocycles. The Morgan fingerprint density at radius 3 is 2.48 bits per heavy atom. The summed E-state index contributed by atoms with van der Waals surface area (Å²) in [7, 11) is 0. The molecule has 0 spiro atoms. The maximum absolute atomic E-state index is 5.87. The second-order valence-electron chi connectivity index (χ2n) is 6.62. The summed E-state index contributed by atoms with van der Waals surface area (Å²) >= 11 is 11.2. The summed E-state index contributed by atoms with van der Waals surface area (Å²) < 4.78 is 11.7. The lowest BCUT2D eigenvalue weighted by Crippen LogP contribution is -2.28. The first-order chi connectivity index (χ1) is 11.6. The van der Waals surface area contributed by atoms with Crippen molar-refractivity contribution in [3.8, 4) is 11.5 Å². The van der Waals surface area contributed by atoms with Crippen molar-refractivity contribution in [2.24, 2.45) is 0 Å². The monoisotopic (exact) mass is 387 g/mol. The van der Waals surface area contributed by atoms with Gasteiger partial charge in [0.15, 0.2) is 0 Å². The van der Waals surface area contributed by atoms with E-state index in [1.807, 2.05) is 46.8 Å². The Morgan fingerprint density at radius 1 is 1.24 bits per heavy atom. The van der Waals surface area contributed by atoms with Crippen molar-refractivity contribution < 1.29 is 14.3 Å². The third kappa shape index (κ3) is 8.52. The molecule has 0 fully saturated rings. The van der Waals surface area contributed by atoms with Gasteiger partial charge >= 0.3 is 0 Å². The number of halogens is 2. The van der Waals surface area contributed by atoms with Crippen LogP contribution in [0, 0.1) is 6.92 Å². The Labute approximate surface area is 160 Å². The SMILES string of the molecule is CCc1cc(OCC=C(Cl)Cl)cc(C)c1OC=C(C)NOC(C)(C)C. The number of nitrogens with one attached hydrogen (secondary N) is 1. The minimum Gasteiger partial charge on any atom is -0.489 e. The lowest BCUT2D eigenvalue weighted by atomic mass is 10.1. The van der Waals surface area contributed by atoms with Gasteiger partial charge in [-0.2, -0.15) is 0 Å². The molecule has 4 nitrogen and oxygen atoms in total. The van der Waals surface area contributed by atoms with Crippen molar-refractivity contribution >= 4 is 23.2 Å². The normalized spacial score (nSPS) is 11.9. The average Bonchev–Trinajstić information content (AvgIpc) is 2.50. The van der Waals surface area contributed by atoms with E-state index in [1.54, 1.807) is 12.3 Å². The Hall–Kier alpha value is -1.36. The lowest BCUT2D eigenvalue weighted by Gasteiger charge is -2.20. The van der Waals surface area contributed by atoms with Gasteiger partial charge < -0.3 is 9.47 Å². The number of hydrogen-bond acceptors (Lipinski definition) is 4. The van der Waals surface area contributed by atoms with Crippen molar-refractivity contribution in [1.29, 1.82) is 0 Å². The molecule has 25 heavy (non-hydrogen) atoms. The quantitative estimate of drug-likeness (QED) is 0.450. The molecule has 0 aliphatic heterocycles. The molecular formula is C19H27Cl2NO3. The smallest absolute Gasteiger partial charge is 0.132 e. The fourth-order valence-corrected chi connectivity index (χ4v) is 2.06. The van der Waals surface area contributed by atoms with Gasteiger partial charge in [-0.15, -0.1) is 0 Å². The first-order valence-corrected chi connectivity index (χ1v) is 8.93. The van der Waals surface area contributed by atoms with E-state index in [9.17, 15) is 0 Å². The topological polar surface area (TPSA) is 39.7 Å². The zero-order chi connectivity index (χ0) is 19.0. The Morgan fingerprint density at radius 2 is 1.92 bits per heavy atom. The van der Waals surface area contributed by atoms with E-state index in [4.69, 9.17) is 37.5 Å². The predicted octanol–water partition coefficient (Wildman–Crippen LogP) is 5.82. The molecule has 0 saturated carbocycles. The highest BCUT2D eigenvalue weighted by Crippen LogP contribution is 2.30. The van der Waals surface area contributed by atoms with Crippen LogP contribution >= 0.6 is 23.2 Å². The van der Waals surface area contributed by atoms with Crippen molar-refractivity contribution in [2.45, 2.75) is 53.6 Å². The second-order valence-corrected chi connectivity index (χ2v) is 7.63. The fourth-order valence-electron chi connectivity index (χ4n) is 1.93. The minimum atomic E-state index is -0.279. The molecule has 0 aromatic heterocycles. The Bertz CT molecular complexity index is 630. The summed E-state index contributed by atoms with van der Waals surface area (Å²) in [6.45, 7) is 12.2. The van der Waals surface area contributed by atoms with Gasteiger partial charge in [0.05, 0.1) is 11.3 Å². The Kier molecular flexibility index (Phi) is 8.63. The number of aryl methyl sites for hydroxylation is 2. The molecule has 0 saturated heterocycles. The van der Waals surface area contributed by atoms with Gasteiger partial charge in [-0.25, -0.2) is 0 Å². The molecule has 1 rings (SSSR count).